The van der Waals surface area contributed by atoms with Gasteiger partial charge in [0.2, 0.25) is 29.8 Å². The summed E-state index contributed by atoms with van der Waals surface area (Å²) in [5.41, 5.74) is 4.04. The molecule has 4 aromatic rings. The minimum Gasteiger partial charge on any atom is -0.462 e. The summed E-state index contributed by atoms with van der Waals surface area (Å²) in [5.74, 6) is 0.949. The van der Waals surface area contributed by atoms with Crippen LogP contribution >= 0.6 is 0 Å². The van der Waals surface area contributed by atoms with E-state index >= 15 is 0 Å². The monoisotopic (exact) mass is 684 g/mol. The van der Waals surface area contributed by atoms with Crippen LogP contribution < -0.4 is 10.6 Å². The molecule has 3 aliphatic heterocycles. The Morgan fingerprint density at radius 2 is 1.16 bits per heavy atom. The van der Waals surface area contributed by atoms with E-state index < -0.39 is 0 Å². The van der Waals surface area contributed by atoms with Gasteiger partial charge in [-0.3, -0.25) is 0 Å². The fourth-order valence-electron chi connectivity index (χ4n) is 5.46. The Kier molecular flexibility index (Phi) is 9.46. The number of carbonyl (C=O) groups excluding carboxylic acids is 2. The van der Waals surface area contributed by atoms with Crippen molar-refractivity contribution >= 4 is 69.8 Å². The maximum atomic E-state index is 12.4. The van der Waals surface area contributed by atoms with Gasteiger partial charge in [-0.1, -0.05) is 44.9 Å². The van der Waals surface area contributed by atoms with Crippen LogP contribution in [-0.4, -0.2) is 70.3 Å². The SMILES string of the molecule is CCCCOC(=O)c1ccc(NC2=NC3=NC(Nc4ccc(C(=O)OCCCC)cc4)=NC4=NC(c5cn(C)c6ccccc56)=NC(=N2)N34)cc1. The van der Waals surface area contributed by atoms with E-state index in [0.717, 1.165) is 42.1 Å². The average Bonchev–Trinajstić information content (AvgIpc) is 3.48. The Labute approximate surface area is 294 Å². The molecular weight excluding hydrogens is 648 g/mol. The molecule has 2 N–H and O–H groups in total. The molecule has 0 spiro atoms. The average molecular weight is 685 g/mol. The van der Waals surface area contributed by atoms with Gasteiger partial charge in [0.1, 0.15) is 0 Å². The molecule has 0 saturated heterocycles. The van der Waals surface area contributed by atoms with Crippen molar-refractivity contribution in [2.75, 3.05) is 23.8 Å². The summed E-state index contributed by atoms with van der Waals surface area (Å²) < 4.78 is 12.7. The fourth-order valence-corrected chi connectivity index (χ4v) is 5.46. The van der Waals surface area contributed by atoms with Gasteiger partial charge in [-0.05, 0) is 67.4 Å². The van der Waals surface area contributed by atoms with Crippen molar-refractivity contribution < 1.29 is 19.1 Å². The van der Waals surface area contributed by atoms with Gasteiger partial charge < -0.3 is 24.7 Å². The number of nitrogens with one attached hydrogen (secondary N) is 2. The highest BCUT2D eigenvalue weighted by atomic mass is 16.5. The minimum absolute atomic E-state index is 0.229. The molecule has 14 nitrogen and oxygen atoms in total. The van der Waals surface area contributed by atoms with Crippen molar-refractivity contribution in [3.05, 3.63) is 95.7 Å². The number of fused-ring (bicyclic) bond motifs is 1. The molecule has 4 heterocycles. The number of aliphatic imine (C=N–C) groups is 6. The molecule has 0 bridgehead atoms. The molecule has 1 aromatic heterocycles. The number of esters is 2. The molecule has 3 aliphatic rings. The molecule has 0 atom stereocenters. The van der Waals surface area contributed by atoms with Crippen molar-refractivity contribution in [1.29, 1.82) is 0 Å². The highest BCUT2D eigenvalue weighted by Crippen LogP contribution is 2.26. The second kappa shape index (κ2) is 14.6. The smallest absolute Gasteiger partial charge is 0.338 e. The number of rotatable bonds is 11. The number of carbonyl (C=O) groups is 2. The zero-order chi connectivity index (χ0) is 35.3. The third-order valence-corrected chi connectivity index (χ3v) is 8.19. The van der Waals surface area contributed by atoms with Crippen LogP contribution in [0.25, 0.3) is 10.9 Å². The van der Waals surface area contributed by atoms with Gasteiger partial charge >= 0.3 is 11.9 Å². The molecule has 0 fully saturated rings. The first-order valence-corrected chi connectivity index (χ1v) is 16.8. The van der Waals surface area contributed by atoms with Crippen molar-refractivity contribution in [2.24, 2.45) is 37.0 Å². The molecule has 258 valence electrons. The molecule has 0 saturated carbocycles. The van der Waals surface area contributed by atoms with Gasteiger partial charge in [-0.25, -0.2) is 14.5 Å². The number of ether oxygens (including phenoxy) is 2. The minimum atomic E-state index is -0.373. The lowest BCUT2D eigenvalue weighted by Crippen LogP contribution is -2.49. The molecule has 0 unspecified atom stereocenters. The third kappa shape index (κ3) is 7.15. The topological polar surface area (TPSA) is 159 Å². The molecule has 51 heavy (non-hydrogen) atoms. The lowest BCUT2D eigenvalue weighted by molar-refractivity contribution is 0.0490. The number of hydrogen-bond acceptors (Lipinski definition) is 13. The molecule has 0 radical (unpaired) electrons. The van der Waals surface area contributed by atoms with E-state index in [2.05, 4.69) is 20.6 Å². The van der Waals surface area contributed by atoms with E-state index in [1.54, 1.807) is 53.4 Å². The number of unbranched alkanes of at least 4 members (excludes halogenated alkanes) is 2. The van der Waals surface area contributed by atoms with Gasteiger partial charge in [0, 0.05) is 41.1 Å². The lowest BCUT2D eigenvalue weighted by atomic mass is 10.1. The number of nitrogens with zero attached hydrogens (tertiary/aromatic N) is 8. The van der Waals surface area contributed by atoms with Crippen LogP contribution in [-0.2, 0) is 16.5 Å². The van der Waals surface area contributed by atoms with Crippen molar-refractivity contribution in [2.45, 2.75) is 39.5 Å². The van der Waals surface area contributed by atoms with Gasteiger partial charge in [0.15, 0.2) is 5.84 Å². The summed E-state index contributed by atoms with van der Waals surface area (Å²) >= 11 is 0. The standard InChI is InChI=1S/C37H36N10O4/c1-4-6-20-50-31(48)23-12-16-25(17-13-23)38-33-42-35-40-30(28-22-46(3)29-11-9-8-10-27(28)29)41-36-43-34(45-37(44-33)47(35)36)39-26-18-14-24(15-19-26)32(49)51-21-7-5-2/h8-19,22H,4-7,20-21H2,1-3H3,(H2,38,39,40,41,42,43,44,45). The van der Waals surface area contributed by atoms with Crippen LogP contribution in [0.1, 0.15) is 65.8 Å². The third-order valence-electron chi connectivity index (χ3n) is 8.19. The first-order chi connectivity index (χ1) is 24.9. The van der Waals surface area contributed by atoms with E-state index in [1.807, 2.05) is 55.9 Å². The van der Waals surface area contributed by atoms with Gasteiger partial charge in [0.25, 0.3) is 0 Å². The quantitative estimate of drug-likeness (QED) is 0.141. The fraction of sp³-hybridized carbons (Fsp3) is 0.243. The zero-order valence-corrected chi connectivity index (χ0v) is 28.5. The molecular formula is C37H36N10O4. The van der Waals surface area contributed by atoms with Gasteiger partial charge in [-0.2, -0.15) is 30.0 Å². The first kappa shape index (κ1) is 33.1. The second-order valence-corrected chi connectivity index (χ2v) is 11.9. The predicted octanol–water partition coefficient (Wildman–Crippen LogP) is 6.19. The zero-order valence-electron chi connectivity index (χ0n) is 28.5. The van der Waals surface area contributed by atoms with E-state index in [-0.39, 0.29) is 41.7 Å². The Hall–Kier alpha value is -6.44. The lowest BCUT2D eigenvalue weighted by Gasteiger charge is -2.30. The molecule has 7 rings (SSSR count). The van der Waals surface area contributed by atoms with E-state index in [4.69, 9.17) is 29.4 Å². The van der Waals surface area contributed by atoms with E-state index in [1.165, 1.54) is 0 Å². The van der Waals surface area contributed by atoms with Crippen molar-refractivity contribution in [3.63, 3.8) is 0 Å². The molecule has 3 aromatic carbocycles. The van der Waals surface area contributed by atoms with Crippen LogP contribution in [0.15, 0.2) is 109 Å². The number of aromatic nitrogens is 1. The summed E-state index contributed by atoms with van der Waals surface area (Å²) in [6.07, 6.45) is 5.49. The number of benzene rings is 3. The van der Waals surface area contributed by atoms with Crippen LogP contribution in [0, 0.1) is 0 Å². The van der Waals surface area contributed by atoms with E-state index in [9.17, 15) is 9.59 Å². The normalized spacial score (nSPS) is 14.7. The molecule has 0 amide bonds. The summed E-state index contributed by atoms with van der Waals surface area (Å²) in [6, 6.07) is 21.8. The summed E-state index contributed by atoms with van der Waals surface area (Å²) in [7, 11) is 1.97. The Morgan fingerprint density at radius 3 is 1.71 bits per heavy atom. The maximum absolute atomic E-state index is 12.4. The van der Waals surface area contributed by atoms with Crippen molar-refractivity contribution in [1.82, 2.24) is 9.47 Å². The van der Waals surface area contributed by atoms with Crippen molar-refractivity contribution in [3.8, 4) is 0 Å². The number of guanidine groups is 5. The maximum Gasteiger partial charge on any atom is 0.338 e. The summed E-state index contributed by atoms with van der Waals surface area (Å²) in [6.45, 7) is 4.85. The number of hydrogen-bond donors (Lipinski definition) is 2. The Bertz CT molecular complexity index is 2110. The number of amidine groups is 1. The second-order valence-electron chi connectivity index (χ2n) is 11.9. The van der Waals surface area contributed by atoms with Gasteiger partial charge in [-0.15, -0.1) is 0 Å². The number of anilines is 2. The molecule has 14 heteroatoms. The predicted molar refractivity (Wildman–Crippen MR) is 199 cm³/mol. The number of para-hydroxylation sites is 1. The van der Waals surface area contributed by atoms with Crippen LogP contribution in [0.2, 0.25) is 0 Å². The summed E-state index contributed by atoms with van der Waals surface area (Å²) in [4.78, 5) is 54.9. The van der Waals surface area contributed by atoms with Crippen LogP contribution in [0.4, 0.5) is 11.4 Å². The van der Waals surface area contributed by atoms with E-state index in [0.29, 0.717) is 41.6 Å². The highest BCUT2D eigenvalue weighted by Gasteiger charge is 2.36. The Balaban J connectivity index is 1.19. The van der Waals surface area contributed by atoms with Gasteiger partial charge in [0.05, 0.1) is 24.3 Å². The molecule has 0 aliphatic carbocycles. The number of aryl methyl sites for hydroxylation is 1. The summed E-state index contributed by atoms with van der Waals surface area (Å²) in [5, 5.41) is 7.40. The van der Waals surface area contributed by atoms with Crippen LogP contribution in [0.5, 0.6) is 0 Å². The Morgan fingerprint density at radius 1 is 0.647 bits per heavy atom. The van der Waals surface area contributed by atoms with Crippen LogP contribution in [0.3, 0.4) is 0 Å². The highest BCUT2D eigenvalue weighted by molar-refractivity contribution is 6.33. The first-order valence-electron chi connectivity index (χ1n) is 16.8. The largest absolute Gasteiger partial charge is 0.462 e.